The maximum atomic E-state index is 12.4. The Hall–Kier alpha value is -2.57. The summed E-state index contributed by atoms with van der Waals surface area (Å²) < 4.78 is 31.1. The van der Waals surface area contributed by atoms with E-state index in [0.717, 1.165) is 4.40 Å². The molecular weight excluding hydrogens is 220 g/mol. The van der Waals surface area contributed by atoms with Crippen LogP contribution in [-0.4, -0.2) is 30.0 Å². The Morgan fingerprint density at radius 3 is 3.29 bits per heavy atom. The van der Waals surface area contributed by atoms with Crippen molar-refractivity contribution >= 4 is 5.65 Å². The van der Waals surface area contributed by atoms with Gasteiger partial charge in [-0.1, -0.05) is 6.07 Å². The largest absolute Gasteiger partial charge is 0.269 e. The van der Waals surface area contributed by atoms with Crippen LogP contribution >= 0.6 is 0 Å². The number of hydrogen-bond donors (Lipinski definition) is 1. The van der Waals surface area contributed by atoms with Crippen LogP contribution in [0.4, 0.5) is 0 Å². The van der Waals surface area contributed by atoms with E-state index in [1.54, 1.807) is 0 Å². The summed E-state index contributed by atoms with van der Waals surface area (Å²) in [5, 5.41) is 12.8. The zero-order valence-electron chi connectivity index (χ0n) is 12.4. The number of tetrazole rings is 1. The highest BCUT2D eigenvalue weighted by atomic mass is 16.1. The fourth-order valence-electron chi connectivity index (χ4n) is 1.47. The lowest BCUT2D eigenvalue weighted by molar-refractivity contribution is 0.881. The molecule has 0 atom stereocenters. The molecule has 0 bridgehead atoms. The molecule has 0 saturated heterocycles. The molecule has 0 amide bonds. The van der Waals surface area contributed by atoms with Crippen LogP contribution in [0, 0.1) is 6.85 Å². The molecule has 0 radical (unpaired) electrons. The van der Waals surface area contributed by atoms with E-state index in [-0.39, 0.29) is 28.8 Å². The topological polar surface area (TPSA) is 88.8 Å². The summed E-state index contributed by atoms with van der Waals surface area (Å²) in [6, 6.07) is 2.51. The molecule has 3 rings (SSSR count). The van der Waals surface area contributed by atoms with Gasteiger partial charge in [-0.05, 0) is 28.9 Å². The molecule has 0 fully saturated rings. The number of H-pyrrole nitrogens is 1. The van der Waals surface area contributed by atoms with Crippen LogP contribution in [0.1, 0.15) is 11.0 Å². The zero-order chi connectivity index (χ0) is 15.2. The van der Waals surface area contributed by atoms with E-state index >= 15 is 0 Å². The first-order valence-corrected chi connectivity index (χ1v) is 4.65. The van der Waals surface area contributed by atoms with Gasteiger partial charge in [-0.25, -0.2) is 10.1 Å². The Kier molecular flexibility index (Phi) is 1.28. The number of aromatic amines is 1. The number of hydrogen-bond acceptors (Lipinski definition) is 5. The second-order valence-corrected chi connectivity index (χ2v) is 3.26. The highest BCUT2D eigenvalue weighted by Gasteiger charge is 2.10. The smallest absolute Gasteiger partial charge is 0.268 e. The highest BCUT2D eigenvalue weighted by molar-refractivity contribution is 5.55. The third-order valence-corrected chi connectivity index (χ3v) is 2.26. The van der Waals surface area contributed by atoms with E-state index in [1.165, 1.54) is 18.3 Å². The summed E-state index contributed by atoms with van der Waals surface area (Å²) in [7, 11) is 0. The normalized spacial score (nSPS) is 15.1. The lowest BCUT2D eigenvalue weighted by atomic mass is 10.2. The summed E-state index contributed by atoms with van der Waals surface area (Å²) in [5.41, 5.74) is -0.745. The van der Waals surface area contributed by atoms with Crippen molar-refractivity contribution in [3.63, 3.8) is 0 Å². The van der Waals surface area contributed by atoms with Crippen molar-refractivity contribution < 1.29 is 5.48 Å². The van der Waals surface area contributed by atoms with E-state index < -0.39 is 12.4 Å². The molecule has 3 aromatic rings. The number of pyridine rings is 1. The number of nitrogens with zero attached hydrogens (tertiary/aromatic N) is 5. The molecule has 3 heterocycles. The minimum atomic E-state index is -2.44. The molecule has 0 aromatic carbocycles. The fourth-order valence-corrected chi connectivity index (χ4v) is 1.47. The van der Waals surface area contributed by atoms with Crippen LogP contribution in [0.15, 0.2) is 29.3 Å². The Bertz CT molecular complexity index is 870. The number of fused-ring (bicyclic) bond motifs is 1. The maximum absolute atomic E-state index is 12.4. The molecular formula is C10H8N6O. The molecule has 0 saturated carbocycles. The van der Waals surface area contributed by atoms with Crippen molar-refractivity contribution in [2.45, 2.75) is 6.85 Å². The van der Waals surface area contributed by atoms with Gasteiger partial charge in [-0.2, -0.15) is 0 Å². The fraction of sp³-hybridized carbons (Fsp3) is 0.100. The van der Waals surface area contributed by atoms with Crippen molar-refractivity contribution in [3.8, 4) is 11.4 Å². The molecule has 17 heavy (non-hydrogen) atoms. The van der Waals surface area contributed by atoms with Gasteiger partial charge in [0.15, 0.2) is 5.82 Å². The first-order valence-electron chi connectivity index (χ1n) is 6.65. The summed E-state index contributed by atoms with van der Waals surface area (Å²) in [6.45, 7) is -2.44. The zero-order valence-corrected chi connectivity index (χ0v) is 8.38. The van der Waals surface area contributed by atoms with Gasteiger partial charge in [-0.15, -0.1) is 5.10 Å². The monoisotopic (exact) mass is 232 g/mol. The van der Waals surface area contributed by atoms with E-state index in [1.807, 2.05) is 0 Å². The van der Waals surface area contributed by atoms with Crippen molar-refractivity contribution in [1.82, 2.24) is 30.0 Å². The summed E-state index contributed by atoms with van der Waals surface area (Å²) in [6.07, 6.45) is 1.01. The number of aryl methyl sites for hydroxylation is 1. The Balaban J connectivity index is 2.40. The third kappa shape index (κ3) is 1.40. The maximum Gasteiger partial charge on any atom is 0.269 e. The van der Waals surface area contributed by atoms with Gasteiger partial charge in [0.1, 0.15) is 11.2 Å². The van der Waals surface area contributed by atoms with Crippen LogP contribution in [0.2, 0.25) is 0 Å². The number of aromatic nitrogens is 6. The Morgan fingerprint density at radius 2 is 2.53 bits per heavy atom. The van der Waals surface area contributed by atoms with Crippen molar-refractivity contribution in [1.29, 1.82) is 0 Å². The molecule has 0 aliphatic rings. The summed E-state index contributed by atoms with van der Waals surface area (Å²) in [4.78, 5) is 16.4. The standard InChI is InChI=1S/C10H8N6O/c1-6-3-2-4-16-9(6)11-5-7(10(16)17)8-12-14-15-13-8/h2-5H,1H3,(H,12,13,14,15)/i1D3,4D. The predicted octanol–water partition coefficient (Wildman–Crippen LogP) is 0.183. The molecule has 84 valence electrons. The Morgan fingerprint density at radius 1 is 1.59 bits per heavy atom. The molecule has 1 N–H and O–H groups in total. The molecule has 3 aromatic heterocycles. The van der Waals surface area contributed by atoms with Crippen LogP contribution in [-0.2, 0) is 0 Å². The second kappa shape index (κ2) is 3.48. The van der Waals surface area contributed by atoms with E-state index in [2.05, 4.69) is 25.6 Å². The van der Waals surface area contributed by atoms with E-state index in [4.69, 9.17) is 5.48 Å². The number of nitrogens with one attached hydrogen (secondary N) is 1. The van der Waals surface area contributed by atoms with Gasteiger partial charge < -0.3 is 0 Å². The lowest BCUT2D eigenvalue weighted by Crippen LogP contribution is -2.17. The first kappa shape index (κ1) is 6.24. The van der Waals surface area contributed by atoms with Crippen molar-refractivity contribution in [2.75, 3.05) is 0 Å². The van der Waals surface area contributed by atoms with Crippen LogP contribution in [0.5, 0.6) is 0 Å². The summed E-state index contributed by atoms with van der Waals surface area (Å²) >= 11 is 0. The third-order valence-electron chi connectivity index (χ3n) is 2.26. The second-order valence-electron chi connectivity index (χ2n) is 3.26. The van der Waals surface area contributed by atoms with Gasteiger partial charge in [-0.3, -0.25) is 9.20 Å². The number of rotatable bonds is 1. The van der Waals surface area contributed by atoms with E-state index in [0.29, 0.717) is 0 Å². The minimum Gasteiger partial charge on any atom is -0.268 e. The van der Waals surface area contributed by atoms with Crippen LogP contribution in [0.25, 0.3) is 17.0 Å². The molecule has 7 nitrogen and oxygen atoms in total. The van der Waals surface area contributed by atoms with Gasteiger partial charge >= 0.3 is 0 Å². The van der Waals surface area contributed by atoms with Gasteiger partial charge in [0.05, 0.1) is 1.37 Å². The average molecular weight is 232 g/mol. The first-order chi connectivity index (χ1) is 9.89. The van der Waals surface area contributed by atoms with Crippen LogP contribution < -0.4 is 5.56 Å². The molecule has 0 spiro atoms. The van der Waals surface area contributed by atoms with Crippen molar-refractivity contribution in [2.24, 2.45) is 0 Å². The molecule has 7 heteroatoms. The van der Waals surface area contributed by atoms with Gasteiger partial charge in [0.2, 0.25) is 0 Å². The minimum absolute atomic E-state index is 0.0497. The molecule has 0 unspecified atom stereocenters. The highest BCUT2D eigenvalue weighted by Crippen LogP contribution is 2.09. The average Bonchev–Trinajstić information content (AvgIpc) is 2.91. The van der Waals surface area contributed by atoms with E-state index in [9.17, 15) is 4.79 Å². The lowest BCUT2D eigenvalue weighted by Gasteiger charge is -2.03. The van der Waals surface area contributed by atoms with Crippen molar-refractivity contribution in [3.05, 3.63) is 40.4 Å². The quantitative estimate of drug-likeness (QED) is 0.646. The van der Waals surface area contributed by atoms with Gasteiger partial charge in [0.25, 0.3) is 5.56 Å². The summed E-state index contributed by atoms with van der Waals surface area (Å²) in [5.74, 6) is 0.0978. The Labute approximate surface area is 101 Å². The molecule has 0 aliphatic carbocycles. The SMILES string of the molecule is [2H]c1ccc(C([2H])([2H])[2H])c2ncc(-c3nnn[nH]3)c(=O)n12. The molecule has 0 aliphatic heterocycles. The van der Waals surface area contributed by atoms with Gasteiger partial charge in [0, 0.05) is 16.5 Å². The van der Waals surface area contributed by atoms with Crippen LogP contribution in [0.3, 0.4) is 0 Å². The predicted molar refractivity (Wildman–Crippen MR) is 59.4 cm³/mol.